The second kappa shape index (κ2) is 5.24. The third-order valence-corrected chi connectivity index (χ3v) is 3.44. The smallest absolute Gasteiger partial charge is 0.120 e. The Morgan fingerprint density at radius 3 is 2.47 bits per heavy atom. The maximum absolute atomic E-state index is 10.4. The first-order valence-electron chi connectivity index (χ1n) is 6.42. The lowest BCUT2D eigenvalue weighted by Crippen LogP contribution is -2.01. The summed E-state index contributed by atoms with van der Waals surface area (Å²) in [5, 5.41) is 11.0. The molecule has 1 N–H and O–H groups in total. The first-order valence-corrected chi connectivity index (χ1v) is 6.80. The summed E-state index contributed by atoms with van der Waals surface area (Å²) in [5.74, 6) is 0.827. The minimum Gasteiger partial charge on any atom is -0.490 e. The van der Waals surface area contributed by atoms with Crippen LogP contribution < -0.4 is 4.74 Å². The van der Waals surface area contributed by atoms with Gasteiger partial charge in [0.2, 0.25) is 0 Å². The summed E-state index contributed by atoms with van der Waals surface area (Å²) in [6.07, 6.45) is 1.97. The first kappa shape index (κ1) is 12.5. The molecule has 0 aliphatic heterocycles. The van der Waals surface area contributed by atoms with E-state index >= 15 is 0 Å². The summed E-state index contributed by atoms with van der Waals surface area (Å²) in [6, 6.07) is 14.9. The summed E-state index contributed by atoms with van der Waals surface area (Å²) in [7, 11) is 0. The van der Waals surface area contributed by atoms with Gasteiger partial charge in [0.25, 0.3) is 0 Å². The highest BCUT2D eigenvalue weighted by molar-refractivity contribution is 6.30. The second-order valence-corrected chi connectivity index (χ2v) is 5.28. The molecular formula is C16H15ClO2. The molecule has 2 aromatic rings. The third kappa shape index (κ3) is 3.09. The van der Waals surface area contributed by atoms with E-state index < -0.39 is 6.10 Å². The van der Waals surface area contributed by atoms with Crippen molar-refractivity contribution in [1.82, 2.24) is 0 Å². The van der Waals surface area contributed by atoms with Gasteiger partial charge < -0.3 is 9.84 Å². The van der Waals surface area contributed by atoms with E-state index in [1.807, 2.05) is 36.4 Å². The van der Waals surface area contributed by atoms with Crippen molar-refractivity contribution in [1.29, 1.82) is 0 Å². The molecule has 3 rings (SSSR count). The van der Waals surface area contributed by atoms with Crippen LogP contribution in [0.5, 0.6) is 5.75 Å². The Kier molecular flexibility index (Phi) is 3.45. The normalized spacial score (nSPS) is 16.1. The Morgan fingerprint density at radius 2 is 1.79 bits per heavy atom. The first-order chi connectivity index (χ1) is 9.22. The molecule has 0 radical (unpaired) electrons. The number of halogens is 1. The van der Waals surface area contributed by atoms with E-state index in [2.05, 4.69) is 0 Å². The number of aliphatic hydroxyl groups excluding tert-OH is 1. The molecule has 3 heteroatoms. The fourth-order valence-corrected chi connectivity index (χ4v) is 2.10. The van der Waals surface area contributed by atoms with Crippen molar-refractivity contribution >= 4 is 11.6 Å². The van der Waals surface area contributed by atoms with Gasteiger partial charge in [-0.05, 0) is 48.2 Å². The molecule has 0 saturated heterocycles. The topological polar surface area (TPSA) is 29.5 Å². The number of hydrogen-bond donors (Lipinski definition) is 1. The lowest BCUT2D eigenvalue weighted by Gasteiger charge is -2.13. The summed E-state index contributed by atoms with van der Waals surface area (Å²) in [4.78, 5) is 0. The average Bonchev–Trinajstić information content (AvgIpc) is 3.23. The van der Waals surface area contributed by atoms with Gasteiger partial charge >= 0.3 is 0 Å². The van der Waals surface area contributed by atoms with Gasteiger partial charge in [-0.25, -0.2) is 0 Å². The molecule has 98 valence electrons. The standard InChI is InChI=1S/C16H15ClO2/c17-13-6-4-11(5-7-13)16(18)12-2-1-3-15(10-12)19-14-8-9-14/h1-7,10,14,16,18H,8-9H2. The van der Waals surface area contributed by atoms with Gasteiger partial charge in [0.15, 0.2) is 0 Å². The summed E-state index contributed by atoms with van der Waals surface area (Å²) in [5.41, 5.74) is 1.66. The Morgan fingerprint density at radius 1 is 1.05 bits per heavy atom. The molecule has 2 aromatic carbocycles. The molecule has 0 spiro atoms. The molecule has 1 aliphatic rings. The van der Waals surface area contributed by atoms with Crippen molar-refractivity contribution in [3.63, 3.8) is 0 Å². The maximum Gasteiger partial charge on any atom is 0.120 e. The Bertz CT molecular complexity index is 561. The van der Waals surface area contributed by atoms with E-state index in [0.717, 1.165) is 29.7 Å². The monoisotopic (exact) mass is 274 g/mol. The number of aliphatic hydroxyl groups is 1. The molecule has 0 bridgehead atoms. The SMILES string of the molecule is OC(c1ccc(Cl)cc1)c1cccc(OC2CC2)c1. The highest BCUT2D eigenvalue weighted by Gasteiger charge is 2.23. The van der Waals surface area contributed by atoms with Crippen molar-refractivity contribution in [2.75, 3.05) is 0 Å². The molecule has 0 aromatic heterocycles. The second-order valence-electron chi connectivity index (χ2n) is 4.84. The zero-order chi connectivity index (χ0) is 13.2. The predicted octanol–water partition coefficient (Wildman–Crippen LogP) is 3.96. The van der Waals surface area contributed by atoms with Gasteiger partial charge in [0.05, 0.1) is 6.10 Å². The van der Waals surface area contributed by atoms with Crippen molar-refractivity contribution in [3.8, 4) is 5.75 Å². The quantitative estimate of drug-likeness (QED) is 0.914. The van der Waals surface area contributed by atoms with Crippen molar-refractivity contribution in [2.24, 2.45) is 0 Å². The maximum atomic E-state index is 10.4. The van der Waals surface area contributed by atoms with Crippen molar-refractivity contribution in [3.05, 3.63) is 64.7 Å². The van der Waals surface area contributed by atoms with Crippen LogP contribution >= 0.6 is 11.6 Å². The van der Waals surface area contributed by atoms with Crippen LogP contribution in [0.2, 0.25) is 5.02 Å². The van der Waals surface area contributed by atoms with E-state index in [1.54, 1.807) is 12.1 Å². The highest BCUT2D eigenvalue weighted by atomic mass is 35.5. The Labute approximate surface area is 117 Å². The summed E-state index contributed by atoms with van der Waals surface area (Å²) in [6.45, 7) is 0. The molecule has 0 amide bonds. The summed E-state index contributed by atoms with van der Waals surface area (Å²) < 4.78 is 5.74. The van der Waals surface area contributed by atoms with Gasteiger partial charge in [-0.2, -0.15) is 0 Å². The minimum atomic E-state index is -0.653. The summed E-state index contributed by atoms with van der Waals surface area (Å²) >= 11 is 5.85. The minimum absolute atomic E-state index is 0.364. The molecule has 1 saturated carbocycles. The van der Waals surface area contributed by atoms with Crippen LogP contribution in [0, 0.1) is 0 Å². The molecule has 19 heavy (non-hydrogen) atoms. The molecular weight excluding hydrogens is 260 g/mol. The average molecular weight is 275 g/mol. The van der Waals surface area contributed by atoms with E-state index in [-0.39, 0.29) is 0 Å². The number of hydrogen-bond acceptors (Lipinski definition) is 2. The van der Waals surface area contributed by atoms with Crippen LogP contribution in [0.3, 0.4) is 0 Å². The predicted molar refractivity (Wildman–Crippen MR) is 75.6 cm³/mol. The fourth-order valence-electron chi connectivity index (χ4n) is 1.97. The van der Waals surface area contributed by atoms with Crippen LogP contribution in [-0.4, -0.2) is 11.2 Å². The number of ether oxygens (including phenoxy) is 1. The van der Waals surface area contributed by atoms with E-state index in [4.69, 9.17) is 16.3 Å². The zero-order valence-electron chi connectivity index (χ0n) is 10.4. The van der Waals surface area contributed by atoms with E-state index in [1.165, 1.54) is 0 Å². The van der Waals surface area contributed by atoms with Gasteiger partial charge in [0, 0.05) is 5.02 Å². The van der Waals surface area contributed by atoms with Crippen LogP contribution in [-0.2, 0) is 0 Å². The Hall–Kier alpha value is -1.51. The van der Waals surface area contributed by atoms with Crippen molar-refractivity contribution < 1.29 is 9.84 Å². The molecule has 1 atom stereocenters. The zero-order valence-corrected chi connectivity index (χ0v) is 11.2. The molecule has 0 heterocycles. The van der Waals surface area contributed by atoms with E-state index in [0.29, 0.717) is 11.1 Å². The lowest BCUT2D eigenvalue weighted by molar-refractivity contribution is 0.219. The fraction of sp³-hybridized carbons (Fsp3) is 0.250. The van der Waals surface area contributed by atoms with Crippen LogP contribution in [0.1, 0.15) is 30.1 Å². The number of benzene rings is 2. The molecule has 1 unspecified atom stereocenters. The third-order valence-electron chi connectivity index (χ3n) is 3.19. The van der Waals surface area contributed by atoms with Gasteiger partial charge in [-0.3, -0.25) is 0 Å². The Balaban J connectivity index is 1.81. The van der Waals surface area contributed by atoms with Crippen LogP contribution in [0.25, 0.3) is 0 Å². The highest BCUT2D eigenvalue weighted by Crippen LogP contribution is 2.30. The van der Waals surface area contributed by atoms with E-state index in [9.17, 15) is 5.11 Å². The number of rotatable bonds is 4. The van der Waals surface area contributed by atoms with Crippen LogP contribution in [0.15, 0.2) is 48.5 Å². The van der Waals surface area contributed by atoms with Crippen molar-refractivity contribution in [2.45, 2.75) is 25.0 Å². The molecule has 1 fully saturated rings. The van der Waals surface area contributed by atoms with Gasteiger partial charge in [-0.1, -0.05) is 35.9 Å². The molecule has 2 nitrogen and oxygen atoms in total. The van der Waals surface area contributed by atoms with Crippen LogP contribution in [0.4, 0.5) is 0 Å². The lowest BCUT2D eigenvalue weighted by atomic mass is 10.0. The molecule has 1 aliphatic carbocycles. The largest absolute Gasteiger partial charge is 0.490 e. The van der Waals surface area contributed by atoms with Gasteiger partial charge in [0.1, 0.15) is 11.9 Å². The van der Waals surface area contributed by atoms with Gasteiger partial charge in [-0.15, -0.1) is 0 Å².